The van der Waals surface area contributed by atoms with Gasteiger partial charge in [0.15, 0.2) is 11.5 Å². The topological polar surface area (TPSA) is 71.1 Å². The Kier molecular flexibility index (Phi) is 5.59. The van der Waals surface area contributed by atoms with Crippen molar-refractivity contribution >= 4 is 11.9 Å². The van der Waals surface area contributed by atoms with Crippen LogP contribution in [0.3, 0.4) is 0 Å². The fourth-order valence-electron chi connectivity index (χ4n) is 4.19. The molecule has 4 rings (SSSR count). The molecule has 2 fully saturated rings. The first-order valence-electron chi connectivity index (χ1n) is 10.3. The monoisotopic (exact) mass is 387 g/mol. The predicted octanol–water partition coefficient (Wildman–Crippen LogP) is 2.60. The summed E-state index contributed by atoms with van der Waals surface area (Å²) in [4.78, 5) is 29.3. The van der Waals surface area contributed by atoms with Crippen molar-refractivity contribution in [3.05, 3.63) is 23.8 Å². The zero-order chi connectivity index (χ0) is 19.5. The van der Waals surface area contributed by atoms with E-state index in [4.69, 9.17) is 9.47 Å². The maximum atomic E-state index is 12.9. The highest BCUT2D eigenvalue weighted by Crippen LogP contribution is 2.32. The lowest BCUT2D eigenvalue weighted by molar-refractivity contribution is -0.138. The molecule has 3 heterocycles. The number of urea groups is 1. The Bertz CT molecular complexity index is 730. The summed E-state index contributed by atoms with van der Waals surface area (Å²) in [5, 5.41) is 2.97. The number of fused-ring (bicyclic) bond motifs is 1. The van der Waals surface area contributed by atoms with Crippen LogP contribution in [0.2, 0.25) is 0 Å². The number of carbonyl (C=O) groups is 2. The van der Waals surface area contributed by atoms with Gasteiger partial charge in [0, 0.05) is 32.7 Å². The molecule has 3 aliphatic heterocycles. The molecule has 0 aromatic heterocycles. The van der Waals surface area contributed by atoms with Crippen LogP contribution in [-0.2, 0) is 11.3 Å². The van der Waals surface area contributed by atoms with Crippen molar-refractivity contribution < 1.29 is 19.1 Å². The molecule has 28 heavy (non-hydrogen) atoms. The van der Waals surface area contributed by atoms with Crippen molar-refractivity contribution in [2.75, 3.05) is 33.0 Å². The van der Waals surface area contributed by atoms with E-state index in [-0.39, 0.29) is 24.6 Å². The van der Waals surface area contributed by atoms with Crippen molar-refractivity contribution in [1.82, 2.24) is 15.1 Å². The Balaban J connectivity index is 1.29. The van der Waals surface area contributed by atoms with E-state index in [0.29, 0.717) is 31.3 Å². The normalized spacial score (nSPS) is 22.2. The van der Waals surface area contributed by atoms with Crippen LogP contribution in [0.4, 0.5) is 4.79 Å². The summed E-state index contributed by atoms with van der Waals surface area (Å²) in [7, 11) is 0. The molecule has 3 amide bonds. The van der Waals surface area contributed by atoms with E-state index >= 15 is 0 Å². The third-order valence-electron chi connectivity index (χ3n) is 6.03. The Labute approximate surface area is 166 Å². The first kappa shape index (κ1) is 18.9. The molecular formula is C21H29N3O4. The van der Waals surface area contributed by atoms with E-state index in [0.717, 1.165) is 50.1 Å². The van der Waals surface area contributed by atoms with Crippen LogP contribution in [-0.4, -0.2) is 54.7 Å². The van der Waals surface area contributed by atoms with Gasteiger partial charge in [0.1, 0.15) is 0 Å². The molecule has 7 nitrogen and oxygen atoms in total. The van der Waals surface area contributed by atoms with Crippen molar-refractivity contribution in [1.29, 1.82) is 0 Å². The fourth-order valence-corrected chi connectivity index (χ4v) is 4.19. The van der Waals surface area contributed by atoms with Crippen molar-refractivity contribution in [3.63, 3.8) is 0 Å². The minimum atomic E-state index is -0.109. The number of hydrogen-bond acceptors (Lipinski definition) is 4. The molecule has 0 radical (unpaired) electrons. The lowest BCUT2D eigenvalue weighted by Gasteiger charge is -2.37. The van der Waals surface area contributed by atoms with E-state index < -0.39 is 0 Å². The third-order valence-corrected chi connectivity index (χ3v) is 6.03. The van der Waals surface area contributed by atoms with Gasteiger partial charge in [-0.25, -0.2) is 4.79 Å². The number of benzene rings is 1. The second kappa shape index (κ2) is 8.29. The number of nitrogens with zero attached hydrogens (tertiary/aromatic N) is 2. The van der Waals surface area contributed by atoms with Crippen LogP contribution in [0.1, 0.15) is 38.2 Å². The molecule has 3 aliphatic rings. The van der Waals surface area contributed by atoms with Gasteiger partial charge in [-0.2, -0.15) is 0 Å². The number of rotatable bonds is 3. The molecule has 0 saturated carbocycles. The number of likely N-dealkylation sites (tertiary alicyclic amines) is 2. The number of piperidine rings is 2. The molecule has 0 bridgehead atoms. The largest absolute Gasteiger partial charge is 0.454 e. The summed E-state index contributed by atoms with van der Waals surface area (Å²) in [5.74, 6) is 2.30. The second-order valence-corrected chi connectivity index (χ2v) is 8.14. The Morgan fingerprint density at radius 3 is 2.68 bits per heavy atom. The summed E-state index contributed by atoms with van der Waals surface area (Å²) in [5.41, 5.74) is 0.963. The lowest BCUT2D eigenvalue weighted by Crippen LogP contribution is -2.50. The van der Waals surface area contributed by atoms with Gasteiger partial charge >= 0.3 is 6.03 Å². The van der Waals surface area contributed by atoms with E-state index in [1.165, 1.54) is 0 Å². The highest BCUT2D eigenvalue weighted by Gasteiger charge is 2.32. The molecule has 152 valence electrons. The van der Waals surface area contributed by atoms with E-state index in [1.54, 1.807) is 4.90 Å². The molecule has 2 saturated heterocycles. The summed E-state index contributed by atoms with van der Waals surface area (Å²) >= 11 is 0. The number of amides is 3. The minimum absolute atomic E-state index is 0.0709. The second-order valence-electron chi connectivity index (χ2n) is 8.14. The highest BCUT2D eigenvalue weighted by atomic mass is 16.7. The van der Waals surface area contributed by atoms with Crippen molar-refractivity contribution in [3.8, 4) is 11.5 Å². The molecule has 1 aromatic carbocycles. The van der Waals surface area contributed by atoms with Crippen LogP contribution in [0.15, 0.2) is 18.2 Å². The van der Waals surface area contributed by atoms with Crippen LogP contribution in [0.5, 0.6) is 11.5 Å². The number of carbonyl (C=O) groups excluding carboxylic acids is 2. The maximum Gasteiger partial charge on any atom is 0.317 e. The lowest BCUT2D eigenvalue weighted by atomic mass is 9.93. The average Bonchev–Trinajstić information content (AvgIpc) is 3.20. The van der Waals surface area contributed by atoms with Gasteiger partial charge in [0.2, 0.25) is 12.7 Å². The number of nitrogens with one attached hydrogen (secondary N) is 1. The predicted molar refractivity (Wildman–Crippen MR) is 104 cm³/mol. The Morgan fingerprint density at radius 2 is 1.86 bits per heavy atom. The molecule has 1 aromatic rings. The SMILES string of the molecule is CC1CCN(C(=O)[C@@H]2CCCN(C(=O)NCc3ccc4c(c3)OCO4)C2)CC1. The zero-order valence-corrected chi connectivity index (χ0v) is 16.5. The smallest absolute Gasteiger partial charge is 0.317 e. The molecule has 0 unspecified atom stereocenters. The summed E-state index contributed by atoms with van der Waals surface area (Å²) in [6, 6.07) is 5.57. The van der Waals surface area contributed by atoms with Crippen molar-refractivity contribution in [2.24, 2.45) is 11.8 Å². The van der Waals surface area contributed by atoms with Gasteiger partial charge in [-0.05, 0) is 49.3 Å². The molecule has 1 atom stereocenters. The zero-order valence-electron chi connectivity index (χ0n) is 16.5. The average molecular weight is 387 g/mol. The van der Waals surface area contributed by atoms with Crippen LogP contribution in [0.25, 0.3) is 0 Å². The van der Waals surface area contributed by atoms with Gasteiger partial charge in [0.05, 0.1) is 5.92 Å². The van der Waals surface area contributed by atoms with E-state index in [1.807, 2.05) is 23.1 Å². The molecular weight excluding hydrogens is 358 g/mol. The van der Waals surface area contributed by atoms with Crippen LogP contribution < -0.4 is 14.8 Å². The van der Waals surface area contributed by atoms with E-state index in [9.17, 15) is 9.59 Å². The van der Waals surface area contributed by atoms with Gasteiger partial charge < -0.3 is 24.6 Å². The van der Waals surface area contributed by atoms with Gasteiger partial charge in [-0.15, -0.1) is 0 Å². The van der Waals surface area contributed by atoms with Gasteiger partial charge in [0.25, 0.3) is 0 Å². The minimum Gasteiger partial charge on any atom is -0.454 e. The fraction of sp³-hybridized carbons (Fsp3) is 0.619. The molecule has 0 spiro atoms. The quantitative estimate of drug-likeness (QED) is 0.865. The summed E-state index contributed by atoms with van der Waals surface area (Å²) in [6.07, 6.45) is 3.91. The Hall–Kier alpha value is -2.44. The maximum absolute atomic E-state index is 12.9. The van der Waals surface area contributed by atoms with Crippen LogP contribution in [0, 0.1) is 11.8 Å². The summed E-state index contributed by atoms with van der Waals surface area (Å²) < 4.78 is 10.7. The standard InChI is InChI=1S/C21H29N3O4/c1-15-6-9-23(10-7-15)20(25)17-3-2-8-24(13-17)21(26)22-12-16-4-5-18-19(11-16)28-14-27-18/h4-5,11,15,17H,2-3,6-10,12-14H2,1H3,(H,22,26)/t17-/m1/s1. The van der Waals surface area contributed by atoms with Crippen molar-refractivity contribution in [2.45, 2.75) is 39.2 Å². The number of hydrogen-bond donors (Lipinski definition) is 1. The van der Waals surface area contributed by atoms with Crippen LogP contribution >= 0.6 is 0 Å². The van der Waals surface area contributed by atoms with E-state index in [2.05, 4.69) is 12.2 Å². The third kappa shape index (κ3) is 4.18. The Morgan fingerprint density at radius 1 is 1.07 bits per heavy atom. The molecule has 7 heteroatoms. The summed E-state index contributed by atoms with van der Waals surface area (Å²) in [6.45, 7) is 5.83. The first-order valence-corrected chi connectivity index (χ1v) is 10.3. The van der Waals surface area contributed by atoms with Gasteiger partial charge in [-0.3, -0.25) is 4.79 Å². The van der Waals surface area contributed by atoms with Gasteiger partial charge in [-0.1, -0.05) is 13.0 Å². The first-order chi connectivity index (χ1) is 13.6. The molecule has 1 N–H and O–H groups in total. The molecule has 0 aliphatic carbocycles. The number of ether oxygens (including phenoxy) is 2. The highest BCUT2D eigenvalue weighted by molar-refractivity contribution is 5.81.